The van der Waals surface area contributed by atoms with Gasteiger partial charge in [0.25, 0.3) is 0 Å². The van der Waals surface area contributed by atoms with Crippen molar-refractivity contribution < 1.29 is 63.1 Å². The molecule has 0 bridgehead atoms. The summed E-state index contributed by atoms with van der Waals surface area (Å²) in [5.74, 6) is -1.18. The van der Waals surface area contributed by atoms with Gasteiger partial charge in [-0.15, -0.1) is 0 Å². The fourth-order valence-electron chi connectivity index (χ4n) is 8.06. The van der Waals surface area contributed by atoms with Gasteiger partial charge in [0.2, 0.25) is 0 Å². The number of carbonyl (C=O) groups excluding carboxylic acids is 2. The molecule has 0 amide bonds. The number of esters is 2. The second-order valence-corrected chi connectivity index (χ2v) is 20.5. The van der Waals surface area contributed by atoms with Gasteiger partial charge in [-0.25, -0.2) is 4.57 Å². The molecule has 0 aromatic rings. The zero-order chi connectivity index (χ0) is 52.1. The largest absolute Gasteiger partial charge is 0.472 e. The molecule has 0 spiro atoms. The number of ether oxygens (including phenoxy) is 2. The van der Waals surface area contributed by atoms with Crippen molar-refractivity contribution >= 4 is 19.8 Å². The smallest absolute Gasteiger partial charge is 0.462 e. The summed E-state index contributed by atoms with van der Waals surface area (Å²) in [6.45, 7) is 3.24. The van der Waals surface area contributed by atoms with E-state index in [1.807, 2.05) is 6.08 Å². The van der Waals surface area contributed by atoms with Crippen molar-refractivity contribution in [3.63, 3.8) is 0 Å². The Hall–Kier alpha value is -2.71. The van der Waals surface area contributed by atoms with Crippen molar-refractivity contribution in [2.24, 2.45) is 0 Å². The third-order valence-corrected chi connectivity index (χ3v) is 13.5. The molecule has 71 heavy (non-hydrogen) atoms. The fourth-order valence-corrected chi connectivity index (χ4v) is 9.03. The number of hydrogen-bond acceptors (Lipinski definition) is 12. The first-order valence-corrected chi connectivity index (χ1v) is 29.2. The lowest BCUT2D eigenvalue weighted by Crippen LogP contribution is -2.64. The number of allylic oxidation sites excluding steroid dienone is 12. The number of phosphoric acid groups is 1. The molecule has 0 aromatic heterocycles. The highest BCUT2D eigenvalue weighted by atomic mass is 31.2. The molecule has 1 aliphatic carbocycles. The van der Waals surface area contributed by atoms with Gasteiger partial charge < -0.3 is 39.9 Å². The second kappa shape index (κ2) is 45.9. The van der Waals surface area contributed by atoms with Gasteiger partial charge in [0.1, 0.15) is 43.2 Å². The summed E-state index contributed by atoms with van der Waals surface area (Å²) in [7, 11) is -5.15. The van der Waals surface area contributed by atoms with Crippen LogP contribution in [0.15, 0.2) is 72.9 Å². The summed E-state index contributed by atoms with van der Waals surface area (Å²) in [4.78, 5) is 35.9. The molecular formula is C57H99O13P. The van der Waals surface area contributed by atoms with Crippen LogP contribution in [0.5, 0.6) is 0 Å². The lowest BCUT2D eigenvalue weighted by molar-refractivity contribution is -0.220. The summed E-state index contributed by atoms with van der Waals surface area (Å²) in [5, 5.41) is 50.3. The van der Waals surface area contributed by atoms with E-state index in [2.05, 4.69) is 80.7 Å². The van der Waals surface area contributed by atoms with E-state index in [1.165, 1.54) is 109 Å². The molecule has 8 atom stereocenters. The van der Waals surface area contributed by atoms with Crippen LogP contribution in [-0.4, -0.2) is 98.3 Å². The molecule has 410 valence electrons. The van der Waals surface area contributed by atoms with Crippen molar-refractivity contribution in [2.75, 3.05) is 13.2 Å². The van der Waals surface area contributed by atoms with E-state index in [0.29, 0.717) is 19.3 Å². The third kappa shape index (κ3) is 37.6. The molecular weight excluding hydrogens is 924 g/mol. The average Bonchev–Trinajstić information content (AvgIpc) is 3.35. The first-order chi connectivity index (χ1) is 34.4. The Morgan fingerprint density at radius 3 is 1.28 bits per heavy atom. The fraction of sp³-hybridized carbons (Fsp3) is 0.754. The van der Waals surface area contributed by atoms with Crippen molar-refractivity contribution in [1.29, 1.82) is 0 Å². The molecule has 6 N–H and O–H groups in total. The Kier molecular flexibility index (Phi) is 42.8. The van der Waals surface area contributed by atoms with Crippen molar-refractivity contribution in [3.05, 3.63) is 72.9 Å². The first-order valence-electron chi connectivity index (χ1n) is 27.7. The van der Waals surface area contributed by atoms with Gasteiger partial charge in [-0.05, 0) is 89.9 Å². The van der Waals surface area contributed by atoms with Gasteiger partial charge in [0, 0.05) is 12.8 Å². The maximum Gasteiger partial charge on any atom is 0.472 e. The Balaban J connectivity index is 2.41. The van der Waals surface area contributed by atoms with Gasteiger partial charge in [0.05, 0.1) is 6.61 Å². The molecule has 0 saturated heterocycles. The van der Waals surface area contributed by atoms with Crippen LogP contribution in [-0.2, 0) is 32.7 Å². The first kappa shape index (κ1) is 66.3. The molecule has 1 aliphatic rings. The summed E-state index contributed by atoms with van der Waals surface area (Å²) in [6.07, 6.45) is 46.7. The molecule has 13 nitrogen and oxygen atoms in total. The summed E-state index contributed by atoms with van der Waals surface area (Å²) in [6, 6.07) is 0. The van der Waals surface area contributed by atoms with Gasteiger partial charge in [-0.2, -0.15) is 0 Å². The molecule has 6 unspecified atom stereocenters. The number of rotatable bonds is 46. The quantitative estimate of drug-likeness (QED) is 0.0145. The summed E-state index contributed by atoms with van der Waals surface area (Å²) in [5.41, 5.74) is 0. The van der Waals surface area contributed by atoms with Gasteiger partial charge >= 0.3 is 19.8 Å². The van der Waals surface area contributed by atoms with E-state index >= 15 is 0 Å². The molecule has 1 rings (SSSR count). The number of unbranched alkanes of at least 4 members (excludes halogenated alkanes) is 22. The van der Waals surface area contributed by atoms with Crippen LogP contribution in [0, 0.1) is 0 Å². The Morgan fingerprint density at radius 2 is 0.789 bits per heavy atom. The minimum absolute atomic E-state index is 0.0482. The zero-order valence-electron chi connectivity index (χ0n) is 44.0. The van der Waals surface area contributed by atoms with Crippen LogP contribution in [0.25, 0.3) is 0 Å². The van der Waals surface area contributed by atoms with Crippen LogP contribution in [0.1, 0.15) is 219 Å². The topological polar surface area (TPSA) is 210 Å². The second-order valence-electron chi connectivity index (χ2n) is 19.1. The van der Waals surface area contributed by atoms with E-state index in [0.717, 1.165) is 64.2 Å². The van der Waals surface area contributed by atoms with Crippen LogP contribution in [0.4, 0.5) is 0 Å². The van der Waals surface area contributed by atoms with E-state index in [9.17, 15) is 44.6 Å². The molecule has 14 heteroatoms. The third-order valence-electron chi connectivity index (χ3n) is 12.5. The summed E-state index contributed by atoms with van der Waals surface area (Å²) >= 11 is 0. The normalized spacial score (nSPS) is 21.2. The lowest BCUT2D eigenvalue weighted by Gasteiger charge is -2.41. The number of hydrogen-bond donors (Lipinski definition) is 6. The Bertz CT molecular complexity index is 1510. The molecule has 0 heterocycles. The maximum atomic E-state index is 12.9. The van der Waals surface area contributed by atoms with E-state index < -0.39 is 75.7 Å². The van der Waals surface area contributed by atoms with Crippen molar-refractivity contribution in [3.8, 4) is 0 Å². The van der Waals surface area contributed by atoms with E-state index in [4.69, 9.17) is 18.5 Å². The number of aliphatic hydroxyl groups is 5. The monoisotopic (exact) mass is 1020 g/mol. The number of aliphatic hydroxyl groups excluding tert-OH is 5. The average molecular weight is 1020 g/mol. The van der Waals surface area contributed by atoms with Gasteiger partial charge in [-0.1, -0.05) is 189 Å². The van der Waals surface area contributed by atoms with Gasteiger partial charge in [0.15, 0.2) is 6.10 Å². The zero-order valence-corrected chi connectivity index (χ0v) is 44.9. The molecule has 0 radical (unpaired) electrons. The van der Waals surface area contributed by atoms with Crippen molar-refractivity contribution in [1.82, 2.24) is 0 Å². The Labute approximate surface area is 429 Å². The van der Waals surface area contributed by atoms with Crippen molar-refractivity contribution in [2.45, 2.75) is 262 Å². The molecule has 0 aromatic carbocycles. The number of phosphoric ester groups is 1. The number of carbonyl (C=O) groups is 2. The molecule has 0 aliphatic heterocycles. The highest BCUT2D eigenvalue weighted by Crippen LogP contribution is 2.47. The van der Waals surface area contributed by atoms with Crippen LogP contribution >= 0.6 is 7.82 Å². The van der Waals surface area contributed by atoms with Crippen LogP contribution in [0.3, 0.4) is 0 Å². The standard InChI is InChI=1S/C57H99O13P/c1-3-5-7-9-11-13-15-17-19-21-23-24-25-26-28-29-31-33-35-37-39-41-43-45-50(58)67-47-49(48-68-71(65,66)70-57-55(63)53(61)52(60)54(62)56(57)64)69-51(59)46-44-42-40-38-36-34-32-30-27-22-20-18-16-14-12-10-8-6-4-2/h12,14,18,20,27,29-31,34,36-37,39,49,52-57,60-64H,3-11,13,15-17,19,21-26,28,32-33,35,38,40-48H2,1-2H3,(H,65,66)/b14-12+,20-18+,30-27+,31-29+,36-34+,39-37+/t49-,52?,53-,54?,55?,56?,57?/m0/s1. The predicted octanol–water partition coefficient (Wildman–Crippen LogP) is 12.6. The maximum absolute atomic E-state index is 12.9. The predicted molar refractivity (Wildman–Crippen MR) is 285 cm³/mol. The summed E-state index contributed by atoms with van der Waals surface area (Å²) < 4.78 is 33.6. The Morgan fingerprint density at radius 1 is 0.437 bits per heavy atom. The van der Waals surface area contributed by atoms with Crippen LogP contribution < -0.4 is 0 Å². The minimum atomic E-state index is -5.15. The lowest BCUT2D eigenvalue weighted by atomic mass is 9.85. The highest BCUT2D eigenvalue weighted by Gasteiger charge is 2.51. The van der Waals surface area contributed by atoms with E-state index in [1.54, 1.807) is 0 Å². The molecule has 1 saturated carbocycles. The van der Waals surface area contributed by atoms with Gasteiger partial charge in [-0.3, -0.25) is 18.6 Å². The SMILES string of the molecule is CCCCC/C=C/C/C=C/C/C=C/C/C=C/CCCCCC(=O)O[C@@H](COC(=O)CCC/C=C/CC/C=C/CCCCCCCCCCCCCCCC)COP(=O)(O)OC1C(O)C(O)C(O)[C@H](O)C1O. The van der Waals surface area contributed by atoms with E-state index in [-0.39, 0.29) is 12.8 Å². The molecule has 1 fully saturated rings. The highest BCUT2D eigenvalue weighted by molar-refractivity contribution is 7.47. The van der Waals surface area contributed by atoms with Crippen LogP contribution in [0.2, 0.25) is 0 Å². The minimum Gasteiger partial charge on any atom is -0.462 e.